The number of amides is 2. The van der Waals surface area contributed by atoms with Crippen LogP contribution in [0.15, 0.2) is 42.5 Å². The Bertz CT molecular complexity index is 932. The van der Waals surface area contributed by atoms with Crippen molar-refractivity contribution in [2.45, 2.75) is 13.3 Å². The number of esters is 1. The summed E-state index contributed by atoms with van der Waals surface area (Å²) < 4.78 is 5.10. The van der Waals surface area contributed by atoms with E-state index in [0.717, 1.165) is 5.56 Å². The first-order chi connectivity index (χ1) is 13.3. The molecular formula is C20H18Cl2N2O4. The van der Waals surface area contributed by atoms with Gasteiger partial charge in [0.1, 0.15) is 0 Å². The van der Waals surface area contributed by atoms with Crippen LogP contribution >= 0.6 is 23.2 Å². The number of carbonyl (C=O) groups is 3. The largest absolute Gasteiger partial charge is 0.455 e. The number of hydrogen-bond acceptors (Lipinski definition) is 4. The molecule has 2 aromatic carbocycles. The van der Waals surface area contributed by atoms with Gasteiger partial charge in [0.25, 0.3) is 5.91 Å². The third-order valence-electron chi connectivity index (χ3n) is 4.40. The lowest BCUT2D eigenvalue weighted by atomic mass is 10.1. The van der Waals surface area contributed by atoms with Gasteiger partial charge in [-0.3, -0.25) is 14.4 Å². The highest BCUT2D eigenvalue weighted by Gasteiger charge is 2.36. The van der Waals surface area contributed by atoms with Gasteiger partial charge in [0, 0.05) is 34.4 Å². The molecule has 1 aliphatic rings. The molecule has 0 aromatic heterocycles. The molecule has 0 spiro atoms. The summed E-state index contributed by atoms with van der Waals surface area (Å²) in [6, 6.07) is 12.0. The molecule has 1 N–H and O–H groups in total. The van der Waals surface area contributed by atoms with E-state index in [4.69, 9.17) is 27.9 Å². The summed E-state index contributed by atoms with van der Waals surface area (Å²) in [5.74, 6) is -1.89. The molecule has 2 aromatic rings. The Morgan fingerprint density at radius 3 is 2.68 bits per heavy atom. The zero-order valence-electron chi connectivity index (χ0n) is 15.1. The highest BCUT2D eigenvalue weighted by atomic mass is 35.5. The van der Waals surface area contributed by atoms with E-state index in [1.807, 2.05) is 6.92 Å². The van der Waals surface area contributed by atoms with E-state index in [2.05, 4.69) is 5.32 Å². The van der Waals surface area contributed by atoms with E-state index in [1.165, 1.54) is 4.90 Å². The van der Waals surface area contributed by atoms with E-state index in [-0.39, 0.29) is 18.9 Å². The molecule has 1 aliphatic heterocycles. The molecule has 1 heterocycles. The van der Waals surface area contributed by atoms with Crippen molar-refractivity contribution in [3.8, 4) is 0 Å². The Labute approximate surface area is 172 Å². The van der Waals surface area contributed by atoms with Gasteiger partial charge in [-0.25, -0.2) is 0 Å². The molecule has 6 nitrogen and oxygen atoms in total. The van der Waals surface area contributed by atoms with Crippen LogP contribution < -0.4 is 10.2 Å². The lowest BCUT2D eigenvalue weighted by molar-refractivity contribution is -0.151. The zero-order valence-corrected chi connectivity index (χ0v) is 16.6. The maximum absolute atomic E-state index is 12.3. The first-order valence-corrected chi connectivity index (χ1v) is 9.37. The quantitative estimate of drug-likeness (QED) is 0.745. The number of anilines is 2. The summed E-state index contributed by atoms with van der Waals surface area (Å²) in [6.45, 7) is 1.58. The Morgan fingerprint density at radius 2 is 1.93 bits per heavy atom. The molecule has 8 heteroatoms. The predicted molar refractivity (Wildman–Crippen MR) is 108 cm³/mol. The number of halogens is 2. The van der Waals surface area contributed by atoms with Gasteiger partial charge in [0.15, 0.2) is 6.61 Å². The lowest BCUT2D eigenvalue weighted by Crippen LogP contribution is -2.28. The second-order valence-electron chi connectivity index (χ2n) is 6.50. The van der Waals surface area contributed by atoms with Crippen molar-refractivity contribution in [1.82, 2.24) is 0 Å². The normalized spacial score (nSPS) is 16.2. The van der Waals surface area contributed by atoms with E-state index in [9.17, 15) is 14.4 Å². The molecule has 2 amide bonds. The number of carbonyl (C=O) groups excluding carboxylic acids is 3. The molecular weight excluding hydrogens is 403 g/mol. The molecule has 146 valence electrons. The average Bonchev–Trinajstić information content (AvgIpc) is 3.04. The van der Waals surface area contributed by atoms with Crippen LogP contribution in [0, 0.1) is 12.8 Å². The molecule has 28 heavy (non-hydrogen) atoms. The third-order valence-corrected chi connectivity index (χ3v) is 4.87. The molecule has 0 saturated carbocycles. The van der Waals surface area contributed by atoms with Gasteiger partial charge in [0.2, 0.25) is 5.91 Å². The number of benzene rings is 2. The third kappa shape index (κ3) is 4.82. The monoisotopic (exact) mass is 420 g/mol. The van der Waals surface area contributed by atoms with Crippen molar-refractivity contribution < 1.29 is 19.1 Å². The van der Waals surface area contributed by atoms with Crippen LogP contribution in [0.5, 0.6) is 0 Å². The van der Waals surface area contributed by atoms with Crippen molar-refractivity contribution in [2.24, 2.45) is 5.92 Å². The molecule has 0 bridgehead atoms. The SMILES string of the molecule is Cc1ccc(Cl)cc1NC(=O)COC(=O)[C@H]1CC(=O)N(c2cccc(Cl)c2)C1. The van der Waals surface area contributed by atoms with Gasteiger partial charge in [-0.2, -0.15) is 0 Å². The zero-order chi connectivity index (χ0) is 20.3. The number of nitrogens with one attached hydrogen (secondary N) is 1. The number of aryl methyl sites for hydroxylation is 1. The topological polar surface area (TPSA) is 75.7 Å². The van der Waals surface area contributed by atoms with Gasteiger partial charge in [0.05, 0.1) is 5.92 Å². The molecule has 1 saturated heterocycles. The fourth-order valence-corrected chi connectivity index (χ4v) is 3.29. The second-order valence-corrected chi connectivity index (χ2v) is 7.37. The summed E-state index contributed by atoms with van der Waals surface area (Å²) in [7, 11) is 0. The summed E-state index contributed by atoms with van der Waals surface area (Å²) in [6.07, 6.45) is 0.0281. The van der Waals surface area contributed by atoms with E-state index >= 15 is 0 Å². The van der Waals surface area contributed by atoms with Crippen molar-refractivity contribution in [3.05, 3.63) is 58.1 Å². The van der Waals surface area contributed by atoms with Crippen LogP contribution in [0.2, 0.25) is 10.0 Å². The summed E-state index contributed by atoms with van der Waals surface area (Å²) in [5.41, 5.74) is 2.02. The summed E-state index contributed by atoms with van der Waals surface area (Å²) in [5, 5.41) is 3.65. The van der Waals surface area contributed by atoms with Gasteiger partial charge >= 0.3 is 5.97 Å². The summed E-state index contributed by atoms with van der Waals surface area (Å²) >= 11 is 11.9. The van der Waals surface area contributed by atoms with Gasteiger partial charge in [-0.15, -0.1) is 0 Å². The van der Waals surface area contributed by atoms with Crippen LogP contribution in [0.4, 0.5) is 11.4 Å². The maximum Gasteiger partial charge on any atom is 0.311 e. The van der Waals surface area contributed by atoms with Crippen LogP contribution in [0.1, 0.15) is 12.0 Å². The first-order valence-electron chi connectivity index (χ1n) is 8.62. The Hall–Kier alpha value is -2.57. The standard InChI is InChI=1S/C20H18Cl2N2O4/c1-12-5-6-15(22)9-17(12)23-18(25)11-28-20(27)13-7-19(26)24(10-13)16-4-2-3-14(21)8-16/h2-6,8-9,13H,7,10-11H2,1H3,(H,23,25)/t13-/m0/s1. The maximum atomic E-state index is 12.3. The number of ether oxygens (including phenoxy) is 1. The highest BCUT2D eigenvalue weighted by molar-refractivity contribution is 6.31. The minimum absolute atomic E-state index is 0.0281. The minimum Gasteiger partial charge on any atom is -0.455 e. The second kappa shape index (κ2) is 8.63. The minimum atomic E-state index is -0.632. The fourth-order valence-electron chi connectivity index (χ4n) is 2.93. The van der Waals surface area contributed by atoms with Gasteiger partial charge < -0.3 is 15.0 Å². The highest BCUT2D eigenvalue weighted by Crippen LogP contribution is 2.27. The Balaban J connectivity index is 1.54. The van der Waals surface area contributed by atoms with Gasteiger partial charge in [-0.05, 0) is 42.8 Å². The Morgan fingerprint density at radius 1 is 1.18 bits per heavy atom. The van der Waals surface area contributed by atoms with Crippen molar-refractivity contribution in [1.29, 1.82) is 0 Å². The molecule has 1 atom stereocenters. The summed E-state index contributed by atoms with van der Waals surface area (Å²) in [4.78, 5) is 38.1. The molecule has 0 aliphatic carbocycles. The van der Waals surface area contributed by atoms with Crippen LogP contribution in [0.3, 0.4) is 0 Å². The van der Waals surface area contributed by atoms with Crippen molar-refractivity contribution in [3.63, 3.8) is 0 Å². The lowest BCUT2D eigenvalue weighted by Gasteiger charge is -2.16. The Kier molecular flexibility index (Phi) is 6.21. The first kappa shape index (κ1) is 20.2. The van der Waals surface area contributed by atoms with Crippen LogP contribution in [-0.2, 0) is 19.1 Å². The van der Waals surface area contributed by atoms with E-state index in [0.29, 0.717) is 21.4 Å². The number of hydrogen-bond donors (Lipinski definition) is 1. The molecule has 0 radical (unpaired) electrons. The van der Waals surface area contributed by atoms with Crippen LogP contribution in [-0.4, -0.2) is 30.9 Å². The molecule has 3 rings (SSSR count). The predicted octanol–water partition coefficient (Wildman–Crippen LogP) is 3.84. The van der Waals surface area contributed by atoms with E-state index < -0.39 is 24.4 Å². The van der Waals surface area contributed by atoms with E-state index in [1.54, 1.807) is 42.5 Å². The van der Waals surface area contributed by atoms with Crippen molar-refractivity contribution in [2.75, 3.05) is 23.4 Å². The number of rotatable bonds is 5. The number of nitrogens with zero attached hydrogens (tertiary/aromatic N) is 1. The average molecular weight is 421 g/mol. The fraction of sp³-hybridized carbons (Fsp3) is 0.250. The smallest absolute Gasteiger partial charge is 0.311 e. The molecule has 0 unspecified atom stereocenters. The van der Waals surface area contributed by atoms with Crippen molar-refractivity contribution >= 4 is 52.4 Å². The van der Waals surface area contributed by atoms with Crippen LogP contribution in [0.25, 0.3) is 0 Å². The van der Waals surface area contributed by atoms with Gasteiger partial charge in [-0.1, -0.05) is 35.3 Å². The molecule has 1 fully saturated rings.